The fourth-order valence-corrected chi connectivity index (χ4v) is 4.67. The zero-order chi connectivity index (χ0) is 25.7. The second-order valence-electron chi connectivity index (χ2n) is 8.49. The Labute approximate surface area is 210 Å². The lowest BCUT2D eigenvalue weighted by atomic mass is 9.95. The molecule has 2 saturated heterocycles. The number of ketones is 1. The number of ether oxygens (including phenoxy) is 4. The van der Waals surface area contributed by atoms with Crippen LogP contribution >= 0.6 is 0 Å². The molecular weight excluding hydrogens is 466 g/mol. The maximum atomic E-state index is 13.3. The number of morpholine rings is 1. The highest BCUT2D eigenvalue weighted by atomic mass is 16.5. The number of hydrogen-bond donors (Lipinski definition) is 1. The van der Waals surface area contributed by atoms with Gasteiger partial charge >= 0.3 is 0 Å². The molecule has 10 heteroatoms. The summed E-state index contributed by atoms with van der Waals surface area (Å²) < 4.78 is 21.9. The normalized spacial score (nSPS) is 20.0. The van der Waals surface area contributed by atoms with Gasteiger partial charge in [-0.1, -0.05) is 0 Å². The molecule has 1 aromatic carbocycles. The Morgan fingerprint density at radius 1 is 1.03 bits per heavy atom. The summed E-state index contributed by atoms with van der Waals surface area (Å²) >= 11 is 0. The first-order valence-electron chi connectivity index (χ1n) is 11.8. The van der Waals surface area contributed by atoms with Crippen LogP contribution in [-0.4, -0.2) is 92.3 Å². The summed E-state index contributed by atoms with van der Waals surface area (Å²) in [5.41, 5.74) is 0.964. The third-order valence-electron chi connectivity index (χ3n) is 6.47. The van der Waals surface area contributed by atoms with Gasteiger partial charge in [0, 0.05) is 44.1 Å². The number of aromatic nitrogens is 1. The van der Waals surface area contributed by atoms with E-state index in [1.165, 1.54) is 38.6 Å². The molecule has 4 rings (SSSR count). The summed E-state index contributed by atoms with van der Waals surface area (Å²) in [6, 6.07) is 5.75. The van der Waals surface area contributed by atoms with Gasteiger partial charge in [0.25, 0.3) is 11.7 Å². The van der Waals surface area contributed by atoms with E-state index in [-0.39, 0.29) is 11.3 Å². The van der Waals surface area contributed by atoms with Gasteiger partial charge in [0.1, 0.15) is 5.76 Å². The number of aliphatic hydroxyl groups is 1. The molecule has 2 aliphatic rings. The van der Waals surface area contributed by atoms with Crippen LogP contribution in [0.2, 0.25) is 0 Å². The molecule has 2 aromatic rings. The van der Waals surface area contributed by atoms with Crippen molar-refractivity contribution in [3.05, 3.63) is 53.4 Å². The van der Waals surface area contributed by atoms with Gasteiger partial charge in [-0.25, -0.2) is 0 Å². The first kappa shape index (κ1) is 25.5. The molecule has 0 spiro atoms. The van der Waals surface area contributed by atoms with E-state index in [4.69, 9.17) is 18.9 Å². The number of pyridine rings is 1. The quantitative estimate of drug-likeness (QED) is 0.317. The fourth-order valence-electron chi connectivity index (χ4n) is 4.67. The molecule has 0 bridgehead atoms. The lowest BCUT2D eigenvalue weighted by Crippen LogP contribution is -2.39. The highest BCUT2D eigenvalue weighted by Crippen LogP contribution is 2.45. The number of rotatable bonds is 9. The van der Waals surface area contributed by atoms with Crippen LogP contribution in [-0.2, 0) is 14.3 Å². The number of aliphatic hydroxyl groups excluding tert-OH is 1. The van der Waals surface area contributed by atoms with Crippen molar-refractivity contribution in [2.45, 2.75) is 12.5 Å². The van der Waals surface area contributed by atoms with Gasteiger partial charge in [0.05, 0.1) is 46.2 Å². The number of methoxy groups -OCH3 is 3. The minimum Gasteiger partial charge on any atom is -0.507 e. The number of likely N-dealkylation sites (tertiary alicyclic amines) is 1. The van der Waals surface area contributed by atoms with E-state index in [0.29, 0.717) is 54.6 Å². The molecule has 2 fully saturated rings. The van der Waals surface area contributed by atoms with Crippen LogP contribution in [0.15, 0.2) is 42.2 Å². The predicted octanol–water partition coefficient (Wildman–Crippen LogP) is 2.25. The first-order valence-corrected chi connectivity index (χ1v) is 11.8. The molecular formula is C26H31N3O7. The average molecular weight is 498 g/mol. The molecule has 3 heterocycles. The average Bonchev–Trinajstić information content (AvgIpc) is 3.17. The molecule has 192 valence electrons. The minimum atomic E-state index is -0.837. The smallest absolute Gasteiger partial charge is 0.295 e. The molecule has 1 unspecified atom stereocenters. The monoisotopic (exact) mass is 497 g/mol. The van der Waals surface area contributed by atoms with Gasteiger partial charge < -0.3 is 29.0 Å². The van der Waals surface area contributed by atoms with Crippen molar-refractivity contribution in [1.82, 2.24) is 14.8 Å². The fraction of sp³-hybridized carbons (Fsp3) is 0.423. The van der Waals surface area contributed by atoms with Gasteiger partial charge in [-0.3, -0.25) is 19.5 Å². The van der Waals surface area contributed by atoms with E-state index < -0.39 is 17.7 Å². The maximum absolute atomic E-state index is 13.3. The van der Waals surface area contributed by atoms with E-state index in [1.54, 1.807) is 24.3 Å². The van der Waals surface area contributed by atoms with Gasteiger partial charge in [-0.05, 0) is 36.2 Å². The van der Waals surface area contributed by atoms with Gasteiger partial charge in [0.15, 0.2) is 11.5 Å². The van der Waals surface area contributed by atoms with Gasteiger partial charge in [-0.15, -0.1) is 0 Å². The standard InChI is InChI=1S/C26H31N3O7/c1-33-19-15-18(16-20(34-2)25(19)35-3)22-21(23(30)17-5-7-27-8-6-17)24(31)26(32)29(22)10-4-9-28-11-13-36-14-12-28/h5-8,15-16,22,30H,4,9-14H2,1-3H3/b23-21+. The zero-order valence-electron chi connectivity index (χ0n) is 20.7. The first-order chi connectivity index (χ1) is 17.5. The number of nitrogens with zero attached hydrogens (tertiary/aromatic N) is 3. The molecule has 1 N–H and O–H groups in total. The molecule has 2 aliphatic heterocycles. The molecule has 0 saturated carbocycles. The van der Waals surface area contributed by atoms with E-state index in [1.807, 2.05) is 0 Å². The molecule has 1 aromatic heterocycles. The van der Waals surface area contributed by atoms with Crippen molar-refractivity contribution in [3.8, 4) is 17.2 Å². The van der Waals surface area contributed by atoms with Crippen molar-refractivity contribution >= 4 is 17.4 Å². The number of benzene rings is 1. The topological polar surface area (TPSA) is 111 Å². The Hall–Kier alpha value is -3.63. The summed E-state index contributed by atoms with van der Waals surface area (Å²) in [6.45, 7) is 4.12. The Balaban J connectivity index is 1.76. The second kappa shape index (κ2) is 11.4. The number of hydrogen-bond acceptors (Lipinski definition) is 9. The molecule has 1 amide bonds. The van der Waals surface area contributed by atoms with Crippen LogP contribution < -0.4 is 14.2 Å². The lowest BCUT2D eigenvalue weighted by Gasteiger charge is -2.29. The number of carbonyl (C=O) groups is 2. The Kier molecular flexibility index (Phi) is 8.07. The summed E-state index contributed by atoms with van der Waals surface area (Å²) in [4.78, 5) is 34.3. The van der Waals surface area contributed by atoms with E-state index >= 15 is 0 Å². The molecule has 0 radical (unpaired) electrons. The van der Waals surface area contributed by atoms with E-state index in [9.17, 15) is 14.7 Å². The lowest BCUT2D eigenvalue weighted by molar-refractivity contribution is -0.140. The minimum absolute atomic E-state index is 0.00634. The Morgan fingerprint density at radius 2 is 1.67 bits per heavy atom. The van der Waals surface area contributed by atoms with Crippen LogP contribution in [0.3, 0.4) is 0 Å². The summed E-state index contributed by atoms with van der Waals surface area (Å²) in [5, 5.41) is 11.2. The third-order valence-corrected chi connectivity index (χ3v) is 6.47. The molecule has 1 atom stereocenters. The molecule has 0 aliphatic carbocycles. The van der Waals surface area contributed by atoms with Crippen LogP contribution in [0.1, 0.15) is 23.6 Å². The van der Waals surface area contributed by atoms with Crippen LogP contribution in [0.5, 0.6) is 17.2 Å². The van der Waals surface area contributed by atoms with Crippen molar-refractivity contribution in [3.63, 3.8) is 0 Å². The summed E-state index contributed by atoms with van der Waals surface area (Å²) in [5.74, 6) is -0.502. The van der Waals surface area contributed by atoms with Crippen molar-refractivity contribution in [2.75, 3.05) is 60.7 Å². The number of Topliss-reactive ketones (excluding diaryl/α,β-unsaturated/α-hetero) is 1. The van der Waals surface area contributed by atoms with Crippen molar-refractivity contribution in [1.29, 1.82) is 0 Å². The zero-order valence-corrected chi connectivity index (χ0v) is 20.7. The van der Waals surface area contributed by atoms with Gasteiger partial charge in [-0.2, -0.15) is 0 Å². The Morgan fingerprint density at radius 3 is 2.25 bits per heavy atom. The van der Waals surface area contributed by atoms with E-state index in [0.717, 1.165) is 19.6 Å². The van der Waals surface area contributed by atoms with Crippen molar-refractivity contribution < 1.29 is 33.6 Å². The summed E-state index contributed by atoms with van der Waals surface area (Å²) in [6.07, 6.45) is 3.69. The Bertz CT molecular complexity index is 1100. The SMILES string of the molecule is COc1cc(C2/C(=C(\O)c3ccncc3)C(=O)C(=O)N2CCCN2CCOCC2)cc(OC)c1OC. The highest BCUT2D eigenvalue weighted by Gasteiger charge is 2.46. The summed E-state index contributed by atoms with van der Waals surface area (Å²) in [7, 11) is 4.50. The van der Waals surface area contributed by atoms with Crippen LogP contribution in [0.25, 0.3) is 5.76 Å². The van der Waals surface area contributed by atoms with E-state index in [2.05, 4.69) is 9.88 Å². The molecule has 36 heavy (non-hydrogen) atoms. The largest absolute Gasteiger partial charge is 0.507 e. The number of carbonyl (C=O) groups excluding carboxylic acids is 2. The van der Waals surface area contributed by atoms with Crippen LogP contribution in [0.4, 0.5) is 0 Å². The van der Waals surface area contributed by atoms with Crippen LogP contribution in [0, 0.1) is 0 Å². The third kappa shape index (κ3) is 5.00. The number of amides is 1. The highest BCUT2D eigenvalue weighted by molar-refractivity contribution is 6.46. The second-order valence-corrected chi connectivity index (χ2v) is 8.49. The predicted molar refractivity (Wildman–Crippen MR) is 131 cm³/mol. The maximum Gasteiger partial charge on any atom is 0.295 e. The van der Waals surface area contributed by atoms with Gasteiger partial charge in [0.2, 0.25) is 5.75 Å². The molecule has 10 nitrogen and oxygen atoms in total. The van der Waals surface area contributed by atoms with Crippen molar-refractivity contribution in [2.24, 2.45) is 0 Å².